The number of hydrogen-bond acceptors (Lipinski definition) is 3. The van der Waals surface area contributed by atoms with Gasteiger partial charge in [-0.25, -0.2) is 0 Å². The molecule has 0 aliphatic carbocycles. The van der Waals surface area contributed by atoms with Gasteiger partial charge in [0.1, 0.15) is 6.61 Å². The van der Waals surface area contributed by atoms with Crippen LogP contribution in [-0.2, 0) is 13.2 Å². The summed E-state index contributed by atoms with van der Waals surface area (Å²) in [6.45, 7) is 0.818. The van der Waals surface area contributed by atoms with Gasteiger partial charge in [0.2, 0.25) is 0 Å². The summed E-state index contributed by atoms with van der Waals surface area (Å²) in [6, 6.07) is 14.4. The van der Waals surface area contributed by atoms with Crippen molar-refractivity contribution in [2.45, 2.75) is 13.2 Å². The van der Waals surface area contributed by atoms with Crippen molar-refractivity contribution in [1.29, 1.82) is 0 Å². The molecule has 152 valence electrons. The van der Waals surface area contributed by atoms with Crippen molar-refractivity contribution in [3.05, 3.63) is 84.2 Å². The molecule has 0 fully saturated rings. The number of benzene rings is 3. The number of halogens is 5. The van der Waals surface area contributed by atoms with Crippen molar-refractivity contribution in [1.82, 2.24) is 0 Å². The topological polar surface area (TPSA) is 30.5 Å². The molecule has 0 spiro atoms. The first-order chi connectivity index (χ1) is 13.9. The minimum absolute atomic E-state index is 0.288. The van der Waals surface area contributed by atoms with Gasteiger partial charge in [-0.1, -0.05) is 68.4 Å². The van der Waals surface area contributed by atoms with Crippen LogP contribution in [0.2, 0.25) is 20.1 Å². The summed E-state index contributed by atoms with van der Waals surface area (Å²) in [5.41, 5.74) is 2.60. The van der Waals surface area contributed by atoms with Crippen molar-refractivity contribution < 1.29 is 9.47 Å². The Labute approximate surface area is 197 Å². The largest absolute Gasteiger partial charge is 0.493 e. The summed E-state index contributed by atoms with van der Waals surface area (Å²) in [4.78, 5) is 0. The maximum absolute atomic E-state index is 6.22. The zero-order chi connectivity index (χ0) is 21.0. The lowest BCUT2D eigenvalue weighted by Crippen LogP contribution is -2.03. The molecule has 0 heterocycles. The summed E-state index contributed by atoms with van der Waals surface area (Å²) in [7, 11) is 1.60. The maximum atomic E-state index is 6.22. The van der Waals surface area contributed by atoms with Crippen LogP contribution in [0, 0.1) is 0 Å². The Hall–Kier alpha value is -1.30. The molecular formula is C21H16BrCl4NO2. The van der Waals surface area contributed by atoms with Crippen LogP contribution in [0.1, 0.15) is 11.1 Å². The average Bonchev–Trinajstić information content (AvgIpc) is 2.67. The quantitative estimate of drug-likeness (QED) is 0.330. The molecule has 1 N–H and O–H groups in total. The fourth-order valence-electron chi connectivity index (χ4n) is 2.60. The molecule has 0 aromatic heterocycles. The smallest absolute Gasteiger partial charge is 0.162 e. The third-order valence-corrected chi connectivity index (χ3v) is 6.00. The molecule has 8 heteroatoms. The zero-order valence-corrected chi connectivity index (χ0v) is 19.8. The van der Waals surface area contributed by atoms with E-state index in [4.69, 9.17) is 55.9 Å². The van der Waals surface area contributed by atoms with Gasteiger partial charge >= 0.3 is 0 Å². The van der Waals surface area contributed by atoms with Crippen LogP contribution in [-0.4, -0.2) is 7.11 Å². The molecule has 3 aromatic rings. The maximum Gasteiger partial charge on any atom is 0.162 e. The van der Waals surface area contributed by atoms with Crippen LogP contribution in [0.4, 0.5) is 5.69 Å². The average molecular weight is 536 g/mol. The first kappa shape index (κ1) is 22.4. The van der Waals surface area contributed by atoms with E-state index in [2.05, 4.69) is 21.2 Å². The monoisotopic (exact) mass is 533 g/mol. The summed E-state index contributed by atoms with van der Waals surface area (Å²) in [5, 5.41) is 5.57. The van der Waals surface area contributed by atoms with Gasteiger partial charge in [0, 0.05) is 31.6 Å². The van der Waals surface area contributed by atoms with Gasteiger partial charge in [0.15, 0.2) is 11.5 Å². The fraction of sp³-hybridized carbons (Fsp3) is 0.143. The van der Waals surface area contributed by atoms with Gasteiger partial charge in [-0.15, -0.1) is 0 Å². The Balaban J connectivity index is 1.74. The zero-order valence-electron chi connectivity index (χ0n) is 15.2. The summed E-state index contributed by atoms with van der Waals surface area (Å²) in [6.07, 6.45) is 0. The van der Waals surface area contributed by atoms with Gasteiger partial charge in [-0.05, 0) is 48.0 Å². The second-order valence-corrected chi connectivity index (χ2v) is 8.64. The predicted molar refractivity (Wildman–Crippen MR) is 125 cm³/mol. The third-order valence-electron chi connectivity index (χ3n) is 4.13. The molecule has 0 aliphatic heterocycles. The highest BCUT2D eigenvalue weighted by Gasteiger charge is 2.12. The van der Waals surface area contributed by atoms with Crippen molar-refractivity contribution in [3.63, 3.8) is 0 Å². The summed E-state index contributed by atoms with van der Waals surface area (Å²) in [5.74, 6) is 1.20. The molecule has 29 heavy (non-hydrogen) atoms. The normalized spacial score (nSPS) is 10.7. The molecule has 0 saturated heterocycles. The lowest BCUT2D eigenvalue weighted by Gasteiger charge is -2.16. The SMILES string of the molecule is COc1cc(CNc2ccc(Cl)cc2Cl)c(Br)cc1OCc1ccc(Cl)cc1Cl. The lowest BCUT2D eigenvalue weighted by molar-refractivity contribution is 0.284. The van der Waals surface area contributed by atoms with E-state index in [0.717, 1.165) is 21.3 Å². The predicted octanol–water partition coefficient (Wildman–Crippen LogP) is 8.26. The van der Waals surface area contributed by atoms with Crippen LogP contribution in [0.15, 0.2) is 53.0 Å². The van der Waals surface area contributed by atoms with Crippen molar-refractivity contribution in [2.24, 2.45) is 0 Å². The standard InChI is InChI=1S/C21H16BrCl4NO2/c1-28-20-6-13(10-27-19-5-4-15(24)8-18(19)26)16(22)9-21(20)29-11-12-2-3-14(23)7-17(12)25/h2-9,27H,10-11H2,1H3. The van der Waals surface area contributed by atoms with Crippen molar-refractivity contribution >= 4 is 68.0 Å². The number of anilines is 1. The van der Waals surface area contributed by atoms with E-state index < -0.39 is 0 Å². The summed E-state index contributed by atoms with van der Waals surface area (Å²) < 4.78 is 12.3. The van der Waals surface area contributed by atoms with Crippen LogP contribution in [0.25, 0.3) is 0 Å². The number of hydrogen-bond donors (Lipinski definition) is 1. The minimum atomic E-state index is 0.288. The Bertz CT molecular complexity index is 1030. The first-order valence-corrected chi connectivity index (χ1v) is 10.8. The molecule has 3 rings (SSSR count). The molecule has 3 aromatic carbocycles. The number of methoxy groups -OCH3 is 1. The molecule has 0 amide bonds. The minimum Gasteiger partial charge on any atom is -0.493 e. The van der Waals surface area contributed by atoms with Gasteiger partial charge in [-0.2, -0.15) is 0 Å². The summed E-state index contributed by atoms with van der Waals surface area (Å²) >= 11 is 27.9. The van der Waals surface area contributed by atoms with Crippen LogP contribution in [0.3, 0.4) is 0 Å². The van der Waals surface area contributed by atoms with Crippen LogP contribution < -0.4 is 14.8 Å². The van der Waals surface area contributed by atoms with E-state index in [9.17, 15) is 0 Å². The molecule has 0 atom stereocenters. The van der Waals surface area contributed by atoms with E-state index in [1.807, 2.05) is 24.3 Å². The lowest BCUT2D eigenvalue weighted by atomic mass is 10.2. The molecule has 0 radical (unpaired) electrons. The highest BCUT2D eigenvalue weighted by Crippen LogP contribution is 2.35. The number of rotatable bonds is 7. The fourth-order valence-corrected chi connectivity index (χ4v) is 4.00. The Morgan fingerprint density at radius 3 is 2.17 bits per heavy atom. The highest BCUT2D eigenvalue weighted by atomic mass is 79.9. The molecule has 0 unspecified atom stereocenters. The van der Waals surface area contributed by atoms with E-state index in [-0.39, 0.29) is 6.61 Å². The molecule has 0 aliphatic rings. The Morgan fingerprint density at radius 2 is 1.52 bits per heavy atom. The van der Waals surface area contributed by atoms with Gasteiger partial charge < -0.3 is 14.8 Å². The molecular weight excluding hydrogens is 520 g/mol. The van der Waals surface area contributed by atoms with E-state index >= 15 is 0 Å². The van der Waals surface area contributed by atoms with E-state index in [0.29, 0.717) is 38.1 Å². The van der Waals surface area contributed by atoms with Crippen LogP contribution >= 0.6 is 62.3 Å². The molecule has 3 nitrogen and oxygen atoms in total. The Morgan fingerprint density at radius 1 is 0.828 bits per heavy atom. The second kappa shape index (κ2) is 10.1. The van der Waals surface area contributed by atoms with Gasteiger partial charge in [0.05, 0.1) is 17.8 Å². The number of ether oxygens (including phenoxy) is 2. The number of nitrogens with one attached hydrogen (secondary N) is 1. The van der Waals surface area contributed by atoms with Crippen LogP contribution in [0.5, 0.6) is 11.5 Å². The van der Waals surface area contributed by atoms with E-state index in [1.54, 1.807) is 31.4 Å². The third kappa shape index (κ3) is 5.87. The van der Waals surface area contributed by atoms with E-state index in [1.165, 1.54) is 0 Å². The first-order valence-electron chi connectivity index (χ1n) is 8.49. The molecule has 0 bridgehead atoms. The Kier molecular flexibility index (Phi) is 7.83. The van der Waals surface area contributed by atoms with Crippen molar-refractivity contribution in [2.75, 3.05) is 12.4 Å². The van der Waals surface area contributed by atoms with Crippen molar-refractivity contribution in [3.8, 4) is 11.5 Å². The van der Waals surface area contributed by atoms with Gasteiger partial charge in [0.25, 0.3) is 0 Å². The second-order valence-electron chi connectivity index (χ2n) is 6.10. The molecule has 0 saturated carbocycles. The van der Waals surface area contributed by atoms with Gasteiger partial charge in [-0.3, -0.25) is 0 Å². The highest BCUT2D eigenvalue weighted by molar-refractivity contribution is 9.10.